The van der Waals surface area contributed by atoms with Gasteiger partial charge in [0.25, 0.3) is 0 Å². The van der Waals surface area contributed by atoms with Crippen molar-refractivity contribution in [2.75, 3.05) is 5.88 Å². The number of aromatic nitrogens is 2. The van der Waals surface area contributed by atoms with Crippen molar-refractivity contribution < 1.29 is 0 Å². The average molecular weight is 342 g/mol. The molecule has 0 unspecified atom stereocenters. The molecule has 1 aliphatic rings. The van der Waals surface area contributed by atoms with E-state index in [-0.39, 0.29) is 0 Å². The highest BCUT2D eigenvalue weighted by atomic mass is 79.9. The second kappa shape index (κ2) is 5.84. The van der Waals surface area contributed by atoms with Gasteiger partial charge in [-0.25, -0.2) is 4.98 Å². The van der Waals surface area contributed by atoms with Crippen molar-refractivity contribution in [3.05, 3.63) is 28.5 Å². The lowest BCUT2D eigenvalue weighted by Crippen LogP contribution is -2.11. The molecule has 2 nitrogen and oxygen atoms in total. The molecule has 102 valence electrons. The van der Waals surface area contributed by atoms with Gasteiger partial charge in [0.1, 0.15) is 5.82 Å². The van der Waals surface area contributed by atoms with E-state index in [0.29, 0.717) is 5.88 Å². The molecule has 4 heteroatoms. The van der Waals surface area contributed by atoms with Gasteiger partial charge in [-0.2, -0.15) is 0 Å². The Morgan fingerprint density at radius 2 is 2.11 bits per heavy atom. The first-order chi connectivity index (χ1) is 9.28. The second-order valence-electron chi connectivity index (χ2n) is 5.36. The quantitative estimate of drug-likeness (QED) is 0.732. The van der Waals surface area contributed by atoms with Crippen molar-refractivity contribution in [1.29, 1.82) is 0 Å². The number of nitrogens with zero attached hydrogens (tertiary/aromatic N) is 2. The minimum Gasteiger partial charge on any atom is -0.328 e. The van der Waals surface area contributed by atoms with E-state index in [9.17, 15) is 0 Å². The van der Waals surface area contributed by atoms with Crippen LogP contribution in [-0.2, 0) is 13.0 Å². The van der Waals surface area contributed by atoms with Crippen LogP contribution < -0.4 is 0 Å². The first-order valence-corrected chi connectivity index (χ1v) is 8.31. The molecule has 0 aliphatic heterocycles. The molecular weight excluding hydrogens is 324 g/mol. The first-order valence-electron chi connectivity index (χ1n) is 6.98. The molecule has 0 radical (unpaired) electrons. The van der Waals surface area contributed by atoms with E-state index in [1.165, 1.54) is 31.2 Å². The van der Waals surface area contributed by atoms with E-state index in [4.69, 9.17) is 16.6 Å². The molecule has 1 aromatic carbocycles. The number of hydrogen-bond acceptors (Lipinski definition) is 1. The highest BCUT2D eigenvalue weighted by Gasteiger charge is 2.19. The standard InChI is InChI=1S/C15H18BrClN2/c16-12-5-6-14-13(9-12)18-15(7-8-17)19(14)10-11-3-1-2-4-11/h5-6,9,11H,1-4,7-8,10H2. The lowest BCUT2D eigenvalue weighted by molar-refractivity contribution is 0.455. The Bertz CT molecular complexity index is 573. The van der Waals surface area contributed by atoms with E-state index in [1.807, 2.05) is 0 Å². The number of hydrogen-bond donors (Lipinski definition) is 0. The number of alkyl halides is 1. The molecule has 1 saturated carbocycles. The van der Waals surface area contributed by atoms with Crippen LogP contribution >= 0.6 is 27.5 Å². The van der Waals surface area contributed by atoms with Crippen LogP contribution in [0.4, 0.5) is 0 Å². The van der Waals surface area contributed by atoms with Crippen molar-refractivity contribution in [3.63, 3.8) is 0 Å². The van der Waals surface area contributed by atoms with Crippen LogP contribution in [0.5, 0.6) is 0 Å². The van der Waals surface area contributed by atoms with Crippen molar-refractivity contribution in [2.45, 2.75) is 38.6 Å². The Morgan fingerprint density at radius 3 is 2.84 bits per heavy atom. The third kappa shape index (κ3) is 2.82. The molecule has 0 spiro atoms. The van der Waals surface area contributed by atoms with Crippen molar-refractivity contribution >= 4 is 38.6 Å². The molecule has 1 aromatic heterocycles. The van der Waals surface area contributed by atoms with Gasteiger partial charge in [0, 0.05) is 23.3 Å². The van der Waals surface area contributed by atoms with Crippen LogP contribution in [0, 0.1) is 5.92 Å². The van der Waals surface area contributed by atoms with Crippen molar-refractivity contribution in [2.24, 2.45) is 5.92 Å². The zero-order valence-electron chi connectivity index (χ0n) is 10.9. The van der Waals surface area contributed by atoms with Crippen LogP contribution in [-0.4, -0.2) is 15.4 Å². The summed E-state index contributed by atoms with van der Waals surface area (Å²) in [5, 5.41) is 0. The molecule has 2 aromatic rings. The number of imidazole rings is 1. The van der Waals surface area contributed by atoms with Gasteiger partial charge >= 0.3 is 0 Å². The fourth-order valence-corrected chi connectivity index (χ4v) is 3.60. The Labute approximate surface area is 127 Å². The number of fused-ring (bicyclic) bond motifs is 1. The molecule has 3 rings (SSSR count). The molecule has 0 atom stereocenters. The highest BCUT2D eigenvalue weighted by Crippen LogP contribution is 2.29. The number of aryl methyl sites for hydroxylation is 1. The van der Waals surface area contributed by atoms with Gasteiger partial charge in [-0.1, -0.05) is 28.8 Å². The summed E-state index contributed by atoms with van der Waals surface area (Å²) in [6, 6.07) is 6.36. The molecule has 0 N–H and O–H groups in total. The van der Waals surface area contributed by atoms with Gasteiger partial charge in [-0.3, -0.25) is 0 Å². The monoisotopic (exact) mass is 340 g/mol. The summed E-state index contributed by atoms with van der Waals surface area (Å²) in [5.74, 6) is 2.58. The van der Waals surface area contributed by atoms with Gasteiger partial charge in [-0.05, 0) is 37.0 Å². The largest absolute Gasteiger partial charge is 0.328 e. The maximum Gasteiger partial charge on any atom is 0.111 e. The van der Waals surface area contributed by atoms with Crippen LogP contribution in [0.2, 0.25) is 0 Å². The van der Waals surface area contributed by atoms with Crippen LogP contribution in [0.15, 0.2) is 22.7 Å². The number of halogens is 2. The second-order valence-corrected chi connectivity index (χ2v) is 6.65. The minimum atomic E-state index is 0.634. The van der Waals surface area contributed by atoms with E-state index < -0.39 is 0 Å². The summed E-state index contributed by atoms with van der Waals surface area (Å²) in [6.45, 7) is 1.10. The maximum atomic E-state index is 5.92. The number of benzene rings is 1. The summed E-state index contributed by atoms with van der Waals surface area (Å²) >= 11 is 9.44. The normalized spacial score (nSPS) is 16.5. The van der Waals surface area contributed by atoms with Crippen molar-refractivity contribution in [3.8, 4) is 0 Å². The van der Waals surface area contributed by atoms with E-state index in [0.717, 1.165) is 34.7 Å². The van der Waals surface area contributed by atoms with Crippen LogP contribution in [0.3, 0.4) is 0 Å². The van der Waals surface area contributed by atoms with Gasteiger partial charge < -0.3 is 4.57 Å². The smallest absolute Gasteiger partial charge is 0.111 e. The SMILES string of the molecule is ClCCc1nc2cc(Br)ccc2n1CC1CCCC1. The predicted molar refractivity (Wildman–Crippen MR) is 83.8 cm³/mol. The lowest BCUT2D eigenvalue weighted by atomic mass is 10.1. The Morgan fingerprint density at radius 1 is 1.32 bits per heavy atom. The predicted octanol–water partition coefficient (Wildman–Crippen LogP) is 4.77. The van der Waals surface area contributed by atoms with Gasteiger partial charge in [0.05, 0.1) is 11.0 Å². The summed E-state index contributed by atoms with van der Waals surface area (Å²) < 4.78 is 3.48. The van der Waals surface area contributed by atoms with Crippen LogP contribution in [0.1, 0.15) is 31.5 Å². The third-order valence-corrected chi connectivity index (χ3v) is 4.71. The number of rotatable bonds is 4. The zero-order valence-corrected chi connectivity index (χ0v) is 13.3. The highest BCUT2D eigenvalue weighted by molar-refractivity contribution is 9.10. The van der Waals surface area contributed by atoms with E-state index in [2.05, 4.69) is 38.7 Å². The van der Waals surface area contributed by atoms with Crippen LogP contribution in [0.25, 0.3) is 11.0 Å². The molecule has 0 amide bonds. The van der Waals surface area contributed by atoms with E-state index in [1.54, 1.807) is 0 Å². The van der Waals surface area contributed by atoms with Gasteiger partial charge in [0.2, 0.25) is 0 Å². The zero-order chi connectivity index (χ0) is 13.2. The molecule has 1 heterocycles. The molecule has 0 saturated heterocycles. The summed E-state index contributed by atoms with van der Waals surface area (Å²) in [4.78, 5) is 4.75. The maximum absolute atomic E-state index is 5.92. The molecule has 1 fully saturated rings. The average Bonchev–Trinajstić information content (AvgIpc) is 2.99. The summed E-state index contributed by atoms with van der Waals surface area (Å²) in [6.07, 6.45) is 6.33. The summed E-state index contributed by atoms with van der Waals surface area (Å²) in [5.41, 5.74) is 2.32. The first kappa shape index (κ1) is 13.4. The topological polar surface area (TPSA) is 17.8 Å². The lowest BCUT2D eigenvalue weighted by Gasteiger charge is -2.13. The van der Waals surface area contributed by atoms with Gasteiger partial charge in [0.15, 0.2) is 0 Å². The van der Waals surface area contributed by atoms with E-state index >= 15 is 0 Å². The molecule has 1 aliphatic carbocycles. The molecule has 0 bridgehead atoms. The fourth-order valence-electron chi connectivity index (χ4n) is 3.08. The molecular formula is C15H18BrClN2. The third-order valence-electron chi connectivity index (χ3n) is 4.02. The summed E-state index contributed by atoms with van der Waals surface area (Å²) in [7, 11) is 0. The fraction of sp³-hybridized carbons (Fsp3) is 0.533. The van der Waals surface area contributed by atoms with Crippen molar-refractivity contribution in [1.82, 2.24) is 9.55 Å². The Kier molecular flexibility index (Phi) is 4.13. The van der Waals surface area contributed by atoms with Gasteiger partial charge in [-0.15, -0.1) is 11.6 Å². The minimum absolute atomic E-state index is 0.634. The molecule has 19 heavy (non-hydrogen) atoms. The Balaban J connectivity index is 2.00. The Hall–Kier alpha value is -0.540.